The van der Waals surface area contributed by atoms with Gasteiger partial charge in [-0.25, -0.2) is 9.18 Å². The lowest BCUT2D eigenvalue weighted by atomic mass is 9.98. The van der Waals surface area contributed by atoms with Crippen LogP contribution in [0.15, 0.2) is 60.7 Å². The molecule has 162 valence electrons. The summed E-state index contributed by atoms with van der Waals surface area (Å²) in [5.41, 5.74) is 10.7. The summed E-state index contributed by atoms with van der Waals surface area (Å²) < 4.78 is 24.5. The molecule has 1 amide bonds. The van der Waals surface area contributed by atoms with E-state index in [-0.39, 0.29) is 30.3 Å². The number of carbonyl (C=O) groups is 1. The lowest BCUT2D eigenvalue weighted by molar-refractivity contribution is 0.143. The topological polar surface area (TPSA) is 73.6 Å². The molecule has 1 aliphatic rings. The number of nitrogen functional groups attached to an aromatic ring is 1. The first-order valence-corrected chi connectivity index (χ1v) is 10.3. The van der Waals surface area contributed by atoms with E-state index < -0.39 is 11.9 Å². The average Bonchev–Trinajstić information content (AvgIpc) is 3.12. The highest BCUT2D eigenvalue weighted by Crippen LogP contribution is 2.44. The maximum Gasteiger partial charge on any atom is 0.407 e. The van der Waals surface area contributed by atoms with Crippen molar-refractivity contribution in [2.45, 2.75) is 12.3 Å². The maximum atomic E-state index is 13.9. The van der Waals surface area contributed by atoms with Crippen molar-refractivity contribution < 1.29 is 18.7 Å². The number of benzene rings is 3. The Bertz CT molecular complexity index is 1170. The van der Waals surface area contributed by atoms with E-state index in [0.29, 0.717) is 12.2 Å². The van der Waals surface area contributed by atoms with Crippen molar-refractivity contribution in [1.29, 1.82) is 0 Å². The zero-order chi connectivity index (χ0) is 22.5. The lowest BCUT2D eigenvalue weighted by Crippen LogP contribution is -2.26. The molecule has 0 saturated carbocycles. The van der Waals surface area contributed by atoms with Crippen LogP contribution >= 0.6 is 0 Å². The van der Waals surface area contributed by atoms with Gasteiger partial charge in [-0.1, -0.05) is 60.4 Å². The number of hydrogen-bond donors (Lipinski definition) is 2. The van der Waals surface area contributed by atoms with Crippen molar-refractivity contribution in [3.8, 4) is 28.7 Å². The molecule has 3 aromatic carbocycles. The van der Waals surface area contributed by atoms with Crippen molar-refractivity contribution in [1.82, 2.24) is 5.32 Å². The smallest absolute Gasteiger partial charge is 0.407 e. The molecular formula is C26H23FN2O3. The fourth-order valence-electron chi connectivity index (χ4n) is 3.88. The SMILES string of the molecule is COc1cc(C#CCCNC(=O)OCC2c3ccccc3-c3ccccc32)c(F)cc1N. The zero-order valence-electron chi connectivity index (χ0n) is 17.7. The summed E-state index contributed by atoms with van der Waals surface area (Å²) in [5.74, 6) is 5.43. The van der Waals surface area contributed by atoms with Crippen molar-refractivity contribution in [3.63, 3.8) is 0 Å². The van der Waals surface area contributed by atoms with Crippen LogP contribution < -0.4 is 15.8 Å². The minimum atomic E-state index is -0.514. The highest BCUT2D eigenvalue weighted by atomic mass is 19.1. The fraction of sp³-hybridized carbons (Fsp3) is 0.192. The Morgan fingerprint density at radius 3 is 2.41 bits per heavy atom. The summed E-state index contributed by atoms with van der Waals surface area (Å²) in [6, 6.07) is 19.0. The van der Waals surface area contributed by atoms with E-state index in [1.807, 2.05) is 24.3 Å². The van der Waals surface area contributed by atoms with Crippen molar-refractivity contribution in [2.75, 3.05) is 26.0 Å². The van der Waals surface area contributed by atoms with Gasteiger partial charge in [0.25, 0.3) is 0 Å². The zero-order valence-corrected chi connectivity index (χ0v) is 17.7. The van der Waals surface area contributed by atoms with Crippen LogP contribution in [0.1, 0.15) is 29.0 Å². The molecule has 0 atom stereocenters. The number of fused-ring (bicyclic) bond motifs is 3. The molecule has 0 bridgehead atoms. The van der Waals surface area contributed by atoms with E-state index in [9.17, 15) is 9.18 Å². The van der Waals surface area contributed by atoms with Crippen LogP contribution in [0.3, 0.4) is 0 Å². The molecule has 0 radical (unpaired) electrons. The van der Waals surface area contributed by atoms with Gasteiger partial charge in [-0.3, -0.25) is 0 Å². The molecule has 0 unspecified atom stereocenters. The predicted molar refractivity (Wildman–Crippen MR) is 122 cm³/mol. The third-order valence-electron chi connectivity index (χ3n) is 5.41. The van der Waals surface area contributed by atoms with Gasteiger partial charge < -0.3 is 20.5 Å². The van der Waals surface area contributed by atoms with Gasteiger partial charge in [0.2, 0.25) is 0 Å². The molecule has 0 aromatic heterocycles. The summed E-state index contributed by atoms with van der Waals surface area (Å²) >= 11 is 0. The molecule has 0 spiro atoms. The minimum absolute atomic E-state index is 0.0106. The van der Waals surface area contributed by atoms with E-state index in [1.54, 1.807) is 0 Å². The first kappa shape index (κ1) is 21.3. The maximum absolute atomic E-state index is 13.9. The van der Waals surface area contributed by atoms with Crippen molar-refractivity contribution >= 4 is 11.8 Å². The Morgan fingerprint density at radius 1 is 1.09 bits per heavy atom. The van der Waals surface area contributed by atoms with Gasteiger partial charge in [0, 0.05) is 31.0 Å². The van der Waals surface area contributed by atoms with Crippen LogP contribution in [-0.2, 0) is 4.74 Å². The molecule has 4 rings (SSSR count). The van der Waals surface area contributed by atoms with Crippen LogP contribution in [0.5, 0.6) is 5.75 Å². The van der Waals surface area contributed by atoms with Crippen molar-refractivity contribution in [2.24, 2.45) is 0 Å². The Hall–Kier alpha value is -3.98. The van der Waals surface area contributed by atoms with Gasteiger partial charge in [0.1, 0.15) is 18.2 Å². The Morgan fingerprint density at radius 2 is 1.75 bits per heavy atom. The summed E-state index contributed by atoms with van der Waals surface area (Å²) in [6.45, 7) is 0.541. The summed E-state index contributed by atoms with van der Waals surface area (Å²) in [4.78, 5) is 12.2. The molecule has 3 N–H and O–H groups in total. The van der Waals surface area contributed by atoms with E-state index >= 15 is 0 Å². The van der Waals surface area contributed by atoms with Crippen LogP contribution in [-0.4, -0.2) is 26.4 Å². The molecule has 6 heteroatoms. The van der Waals surface area contributed by atoms with Gasteiger partial charge in [0.15, 0.2) is 0 Å². The van der Waals surface area contributed by atoms with E-state index in [1.165, 1.54) is 30.4 Å². The largest absolute Gasteiger partial charge is 0.495 e. The normalized spacial score (nSPS) is 11.7. The molecule has 5 nitrogen and oxygen atoms in total. The molecular weight excluding hydrogens is 407 g/mol. The number of halogens is 1. The van der Waals surface area contributed by atoms with Gasteiger partial charge in [-0.15, -0.1) is 0 Å². The van der Waals surface area contributed by atoms with Crippen molar-refractivity contribution in [3.05, 3.63) is 83.2 Å². The summed E-state index contributed by atoms with van der Waals surface area (Å²) in [7, 11) is 1.46. The van der Waals surface area contributed by atoms with E-state index in [0.717, 1.165) is 11.1 Å². The first-order valence-electron chi connectivity index (χ1n) is 10.3. The number of ether oxygens (including phenoxy) is 2. The lowest BCUT2D eigenvalue weighted by Gasteiger charge is -2.14. The number of methoxy groups -OCH3 is 1. The quantitative estimate of drug-likeness (QED) is 0.350. The molecule has 0 heterocycles. The minimum Gasteiger partial charge on any atom is -0.495 e. The Balaban J connectivity index is 1.30. The molecule has 0 fully saturated rings. The predicted octanol–water partition coefficient (Wildman–Crippen LogP) is 4.70. The van der Waals surface area contributed by atoms with Crippen LogP contribution in [0.25, 0.3) is 11.1 Å². The third-order valence-corrected chi connectivity index (χ3v) is 5.41. The second kappa shape index (κ2) is 9.44. The molecule has 0 saturated heterocycles. The van der Waals surface area contributed by atoms with Gasteiger partial charge >= 0.3 is 6.09 Å². The number of nitrogens with one attached hydrogen (secondary N) is 1. The number of rotatable bonds is 5. The second-order valence-electron chi connectivity index (χ2n) is 7.38. The van der Waals surface area contributed by atoms with E-state index in [2.05, 4.69) is 41.4 Å². The third kappa shape index (κ3) is 4.37. The Kier molecular flexibility index (Phi) is 6.27. The molecule has 3 aromatic rings. The highest BCUT2D eigenvalue weighted by Gasteiger charge is 2.28. The number of amides is 1. The average molecular weight is 430 g/mol. The van der Waals surface area contributed by atoms with E-state index in [4.69, 9.17) is 15.2 Å². The standard InChI is InChI=1S/C26H23FN2O3/c1-31-25-14-17(23(27)15-24(25)28)8-6-7-13-29-26(30)32-16-22-20-11-4-2-9-18(20)19-10-3-5-12-21(19)22/h2-5,9-12,14-15,22H,7,13,16,28H2,1H3,(H,29,30). The molecule has 1 aliphatic carbocycles. The molecule has 0 aliphatic heterocycles. The molecule has 32 heavy (non-hydrogen) atoms. The van der Waals surface area contributed by atoms with Gasteiger partial charge in [0.05, 0.1) is 18.4 Å². The van der Waals surface area contributed by atoms with Crippen LogP contribution in [0.4, 0.5) is 14.9 Å². The number of carbonyl (C=O) groups excluding carboxylic acids is 1. The second-order valence-corrected chi connectivity index (χ2v) is 7.38. The number of anilines is 1. The monoisotopic (exact) mass is 430 g/mol. The number of hydrogen-bond acceptors (Lipinski definition) is 4. The van der Waals surface area contributed by atoms with Gasteiger partial charge in [-0.05, 0) is 22.3 Å². The van der Waals surface area contributed by atoms with Gasteiger partial charge in [-0.2, -0.15) is 0 Å². The summed E-state index contributed by atoms with van der Waals surface area (Å²) in [6.07, 6.45) is -0.162. The van der Waals surface area contributed by atoms with Crippen LogP contribution in [0, 0.1) is 17.7 Å². The fourth-order valence-corrected chi connectivity index (χ4v) is 3.88. The first-order chi connectivity index (χ1) is 15.6. The highest BCUT2D eigenvalue weighted by molar-refractivity contribution is 5.79. The number of nitrogens with two attached hydrogens (primary N) is 1. The number of alkyl carbamates (subject to hydrolysis) is 1. The van der Waals surface area contributed by atoms with Crippen LogP contribution in [0.2, 0.25) is 0 Å². The summed E-state index contributed by atoms with van der Waals surface area (Å²) in [5, 5.41) is 2.69. The Labute approximate surface area is 186 Å².